The number of allylic oxidation sites excluding steroid dienone is 3. The van der Waals surface area contributed by atoms with E-state index in [2.05, 4.69) is 32.7 Å². The molecule has 0 saturated heterocycles. The predicted molar refractivity (Wildman–Crippen MR) is 133 cm³/mol. The van der Waals surface area contributed by atoms with E-state index in [1.165, 1.54) is 29.9 Å². The lowest BCUT2D eigenvalue weighted by Gasteiger charge is -2.43. The molecule has 0 aliphatic heterocycles. The summed E-state index contributed by atoms with van der Waals surface area (Å²) in [5, 5.41) is 20.2. The van der Waals surface area contributed by atoms with Gasteiger partial charge in [0.1, 0.15) is 5.41 Å². The van der Waals surface area contributed by atoms with E-state index < -0.39 is 17.5 Å². The Bertz CT molecular complexity index is 1220. The lowest BCUT2D eigenvalue weighted by molar-refractivity contribution is -0.147. The summed E-state index contributed by atoms with van der Waals surface area (Å²) in [6.45, 7) is 8.90. The van der Waals surface area contributed by atoms with Gasteiger partial charge >= 0.3 is 5.97 Å². The molecular formula is C29H31NO4. The SMILES string of the molecule is CC1(C)CCC(C)(C)c2c(-c3ccncc3)cc(C(=O)C=CC3(C(=O)O)C=CC=CC3O)cc21. The topological polar surface area (TPSA) is 87.5 Å². The average molecular weight is 458 g/mol. The Balaban J connectivity index is 1.86. The second kappa shape index (κ2) is 8.48. The molecule has 2 aliphatic carbocycles. The van der Waals surface area contributed by atoms with Gasteiger partial charge in [-0.05, 0) is 76.3 Å². The van der Waals surface area contributed by atoms with Crippen LogP contribution in [0.5, 0.6) is 0 Å². The van der Waals surface area contributed by atoms with Crippen LogP contribution in [0.2, 0.25) is 0 Å². The second-order valence-corrected chi connectivity index (χ2v) is 10.6. The van der Waals surface area contributed by atoms with Crippen molar-refractivity contribution in [2.24, 2.45) is 5.41 Å². The molecule has 176 valence electrons. The van der Waals surface area contributed by atoms with E-state index in [0.717, 1.165) is 29.5 Å². The van der Waals surface area contributed by atoms with E-state index in [4.69, 9.17) is 0 Å². The molecule has 0 bridgehead atoms. The van der Waals surface area contributed by atoms with Gasteiger partial charge in [0, 0.05) is 18.0 Å². The van der Waals surface area contributed by atoms with Crippen LogP contribution in [0.1, 0.15) is 62.0 Å². The number of carboxylic acids is 1. The number of aromatic nitrogens is 1. The summed E-state index contributed by atoms with van der Waals surface area (Å²) in [6, 6.07) is 7.78. The van der Waals surface area contributed by atoms with Crippen molar-refractivity contribution in [1.82, 2.24) is 4.98 Å². The molecule has 1 aromatic carbocycles. The average Bonchev–Trinajstić information content (AvgIpc) is 2.81. The zero-order valence-electron chi connectivity index (χ0n) is 20.1. The number of hydrogen-bond acceptors (Lipinski definition) is 4. The zero-order chi connectivity index (χ0) is 24.7. The standard InChI is InChI=1S/C29H31NO4/c1-27(2)13-14-28(3,4)25-21(19-9-15-30-16-10-19)17-20(18-22(25)27)23(31)8-12-29(26(33)34)11-6-5-7-24(29)32/h5-12,15-18,24,32H,13-14H2,1-4H3,(H,33,34). The maximum Gasteiger partial charge on any atom is 0.320 e. The first-order valence-corrected chi connectivity index (χ1v) is 11.6. The minimum Gasteiger partial charge on any atom is -0.480 e. The van der Waals surface area contributed by atoms with E-state index in [1.54, 1.807) is 24.5 Å². The molecule has 0 fully saturated rings. The van der Waals surface area contributed by atoms with Gasteiger partial charge in [-0.3, -0.25) is 14.6 Å². The summed E-state index contributed by atoms with van der Waals surface area (Å²) in [5.41, 5.74) is 3.04. The minimum absolute atomic E-state index is 0.0580. The van der Waals surface area contributed by atoms with Crippen molar-refractivity contribution >= 4 is 11.8 Å². The van der Waals surface area contributed by atoms with Crippen LogP contribution in [0.25, 0.3) is 11.1 Å². The summed E-state index contributed by atoms with van der Waals surface area (Å²) in [7, 11) is 0. The van der Waals surface area contributed by atoms with E-state index in [9.17, 15) is 19.8 Å². The summed E-state index contributed by atoms with van der Waals surface area (Å²) >= 11 is 0. The van der Waals surface area contributed by atoms with Gasteiger partial charge in [-0.2, -0.15) is 0 Å². The van der Waals surface area contributed by atoms with Crippen LogP contribution in [-0.4, -0.2) is 33.1 Å². The molecule has 2 aromatic rings. The molecule has 0 spiro atoms. The van der Waals surface area contributed by atoms with Crippen molar-refractivity contribution in [2.75, 3.05) is 0 Å². The van der Waals surface area contributed by atoms with Crippen molar-refractivity contribution in [3.05, 3.63) is 89.8 Å². The zero-order valence-corrected chi connectivity index (χ0v) is 20.1. The molecule has 2 aliphatic rings. The van der Waals surface area contributed by atoms with Crippen molar-refractivity contribution in [3.63, 3.8) is 0 Å². The lowest BCUT2D eigenvalue weighted by atomic mass is 9.61. The van der Waals surface area contributed by atoms with E-state index >= 15 is 0 Å². The number of fused-ring (bicyclic) bond motifs is 1. The number of benzene rings is 1. The number of nitrogens with zero attached hydrogens (tertiary/aromatic N) is 1. The van der Waals surface area contributed by atoms with Crippen LogP contribution in [0, 0.1) is 5.41 Å². The number of aliphatic hydroxyl groups excluding tert-OH is 1. The molecule has 5 heteroatoms. The number of carbonyl (C=O) groups excluding carboxylic acids is 1. The van der Waals surface area contributed by atoms with Gasteiger partial charge in [-0.25, -0.2) is 0 Å². The van der Waals surface area contributed by atoms with Gasteiger partial charge in [-0.15, -0.1) is 0 Å². The van der Waals surface area contributed by atoms with Crippen LogP contribution >= 0.6 is 0 Å². The number of pyridine rings is 1. The van der Waals surface area contributed by atoms with Gasteiger partial charge in [0.15, 0.2) is 5.78 Å². The molecule has 2 atom stereocenters. The summed E-state index contributed by atoms with van der Waals surface area (Å²) in [4.78, 5) is 29.5. The van der Waals surface area contributed by atoms with E-state index in [-0.39, 0.29) is 16.6 Å². The largest absolute Gasteiger partial charge is 0.480 e. The van der Waals surface area contributed by atoms with Gasteiger partial charge in [0.25, 0.3) is 0 Å². The molecule has 5 nitrogen and oxygen atoms in total. The molecule has 4 rings (SSSR count). The van der Waals surface area contributed by atoms with Gasteiger partial charge in [0.05, 0.1) is 6.10 Å². The van der Waals surface area contributed by atoms with Crippen LogP contribution < -0.4 is 0 Å². The van der Waals surface area contributed by atoms with Gasteiger partial charge < -0.3 is 10.2 Å². The number of hydrogen-bond donors (Lipinski definition) is 2. The van der Waals surface area contributed by atoms with E-state index in [1.807, 2.05) is 24.3 Å². The van der Waals surface area contributed by atoms with E-state index in [0.29, 0.717) is 5.56 Å². The summed E-state index contributed by atoms with van der Waals surface area (Å²) in [5.74, 6) is -1.51. The fourth-order valence-electron chi connectivity index (χ4n) is 5.07. The first-order chi connectivity index (χ1) is 16.0. The van der Waals surface area contributed by atoms with Crippen LogP contribution in [0.15, 0.2) is 73.1 Å². The predicted octanol–water partition coefficient (Wildman–Crippen LogP) is 5.39. The monoisotopic (exact) mass is 457 g/mol. The minimum atomic E-state index is -1.67. The molecule has 0 amide bonds. The molecule has 1 heterocycles. The first kappa shape index (κ1) is 23.8. The molecule has 0 radical (unpaired) electrons. The molecule has 2 N–H and O–H groups in total. The Morgan fingerprint density at radius 2 is 1.71 bits per heavy atom. The number of carboxylic acid groups (broad SMARTS) is 1. The molecule has 2 unspecified atom stereocenters. The Kier molecular flexibility index (Phi) is 5.94. The Hall–Kier alpha value is -3.31. The normalized spacial score (nSPS) is 24.7. The second-order valence-electron chi connectivity index (χ2n) is 10.6. The maximum atomic E-state index is 13.4. The van der Waals surface area contributed by atoms with Crippen LogP contribution in [-0.2, 0) is 15.6 Å². The molecular weight excluding hydrogens is 426 g/mol. The third-order valence-electron chi connectivity index (χ3n) is 7.34. The highest BCUT2D eigenvalue weighted by Gasteiger charge is 2.42. The fraction of sp³-hybridized carbons (Fsp3) is 0.345. The molecule has 1 aromatic heterocycles. The van der Waals surface area contributed by atoms with Crippen molar-refractivity contribution in [1.29, 1.82) is 0 Å². The maximum absolute atomic E-state index is 13.4. The highest BCUT2D eigenvalue weighted by molar-refractivity contribution is 6.06. The third-order valence-corrected chi connectivity index (χ3v) is 7.34. The molecule has 0 saturated carbocycles. The number of ketones is 1. The van der Waals surface area contributed by atoms with Crippen LogP contribution in [0.4, 0.5) is 0 Å². The van der Waals surface area contributed by atoms with Crippen molar-refractivity contribution < 1.29 is 19.8 Å². The number of aliphatic carboxylic acids is 1. The summed E-state index contributed by atoms with van der Waals surface area (Å²) in [6.07, 6.45) is 12.8. The fourth-order valence-corrected chi connectivity index (χ4v) is 5.07. The number of carbonyl (C=O) groups is 2. The Morgan fingerprint density at radius 1 is 1.03 bits per heavy atom. The van der Waals surface area contributed by atoms with Crippen LogP contribution in [0.3, 0.4) is 0 Å². The molecule has 34 heavy (non-hydrogen) atoms. The Morgan fingerprint density at radius 3 is 2.35 bits per heavy atom. The van der Waals surface area contributed by atoms with Gasteiger partial charge in [-0.1, -0.05) is 58.1 Å². The highest BCUT2D eigenvalue weighted by atomic mass is 16.4. The highest BCUT2D eigenvalue weighted by Crippen LogP contribution is 2.49. The summed E-state index contributed by atoms with van der Waals surface area (Å²) < 4.78 is 0. The number of rotatable bonds is 5. The first-order valence-electron chi connectivity index (χ1n) is 11.6. The Labute approximate surface area is 200 Å². The quantitative estimate of drug-likeness (QED) is 0.464. The van der Waals surface area contributed by atoms with Gasteiger partial charge in [0.2, 0.25) is 0 Å². The third kappa shape index (κ3) is 4.05. The number of aliphatic hydroxyl groups is 1. The lowest BCUT2D eigenvalue weighted by Crippen LogP contribution is -2.39. The van der Waals surface area contributed by atoms with Crippen molar-refractivity contribution in [2.45, 2.75) is 57.5 Å². The van der Waals surface area contributed by atoms with Crippen molar-refractivity contribution in [3.8, 4) is 11.1 Å². The smallest absolute Gasteiger partial charge is 0.320 e.